The summed E-state index contributed by atoms with van der Waals surface area (Å²) in [6, 6.07) is 0. The summed E-state index contributed by atoms with van der Waals surface area (Å²) >= 11 is 0. The van der Waals surface area contributed by atoms with Crippen molar-refractivity contribution in [1.29, 1.82) is 0 Å². The first-order valence-electron chi connectivity index (χ1n) is 5.99. The summed E-state index contributed by atoms with van der Waals surface area (Å²) in [4.78, 5) is 30.8. The van der Waals surface area contributed by atoms with Crippen LogP contribution >= 0.6 is 0 Å². The normalized spacial score (nSPS) is 10.2. The predicted molar refractivity (Wildman–Crippen MR) is 60.4 cm³/mol. The van der Waals surface area contributed by atoms with Gasteiger partial charge in [0, 0.05) is 0 Å². The van der Waals surface area contributed by atoms with E-state index in [2.05, 4.69) is 16.7 Å². The monoisotopic (exact) mass is 230 g/mol. The molecule has 0 saturated heterocycles. The van der Waals surface area contributed by atoms with Crippen molar-refractivity contribution in [2.75, 3.05) is 0 Å². The van der Waals surface area contributed by atoms with Gasteiger partial charge in [0.1, 0.15) is 0 Å². The molecule has 0 bridgehead atoms. The molecule has 0 heterocycles. The zero-order valence-electron chi connectivity index (χ0n) is 10.5. The molecule has 16 heavy (non-hydrogen) atoms. The Kier molecular flexibility index (Phi) is 8.58. The van der Waals surface area contributed by atoms with Crippen LogP contribution in [0, 0.1) is 5.92 Å². The van der Waals surface area contributed by atoms with E-state index in [-0.39, 0.29) is 5.92 Å². The Bertz CT molecular complexity index is 211. The lowest BCUT2D eigenvalue weighted by atomic mass is 10.1. The van der Waals surface area contributed by atoms with Crippen molar-refractivity contribution in [1.82, 2.24) is 0 Å². The lowest BCUT2D eigenvalue weighted by Gasteiger charge is -2.04. The first-order chi connectivity index (χ1) is 7.57. The van der Waals surface area contributed by atoms with Crippen molar-refractivity contribution in [2.24, 2.45) is 5.92 Å². The molecule has 0 aromatic rings. The quantitative estimate of drug-likeness (QED) is 0.383. The average molecular weight is 230 g/mol. The number of hydrogen-bond acceptors (Lipinski definition) is 4. The standard InChI is InChI=1S/C12H22O4/c1-4-5-6-7-8-9-11(13)15-16-12(14)10(2)3/h10H,4-9H2,1-3H3. The molecule has 0 atom stereocenters. The van der Waals surface area contributed by atoms with E-state index in [1.165, 1.54) is 12.8 Å². The van der Waals surface area contributed by atoms with Crippen LogP contribution in [0.25, 0.3) is 0 Å². The lowest BCUT2D eigenvalue weighted by Crippen LogP contribution is -2.15. The number of hydrogen-bond donors (Lipinski definition) is 0. The van der Waals surface area contributed by atoms with E-state index in [9.17, 15) is 9.59 Å². The van der Waals surface area contributed by atoms with Crippen LogP contribution in [-0.4, -0.2) is 11.9 Å². The minimum absolute atomic E-state index is 0.280. The summed E-state index contributed by atoms with van der Waals surface area (Å²) in [5, 5.41) is 0. The van der Waals surface area contributed by atoms with E-state index in [1.807, 2.05) is 0 Å². The van der Waals surface area contributed by atoms with Crippen LogP contribution in [0.15, 0.2) is 0 Å². The highest BCUT2D eigenvalue weighted by molar-refractivity contribution is 5.73. The fraction of sp³-hybridized carbons (Fsp3) is 0.833. The average Bonchev–Trinajstić information content (AvgIpc) is 2.25. The summed E-state index contributed by atoms with van der Waals surface area (Å²) in [7, 11) is 0. The number of carbonyl (C=O) groups is 2. The molecule has 0 aromatic carbocycles. The van der Waals surface area contributed by atoms with Gasteiger partial charge in [0.15, 0.2) is 0 Å². The molecule has 0 aliphatic rings. The maximum atomic E-state index is 11.1. The Morgan fingerprint density at radius 1 is 1.00 bits per heavy atom. The predicted octanol–water partition coefficient (Wildman–Crippen LogP) is 3.00. The molecule has 0 saturated carbocycles. The Morgan fingerprint density at radius 3 is 2.19 bits per heavy atom. The second-order valence-electron chi connectivity index (χ2n) is 4.18. The Hall–Kier alpha value is -1.06. The molecule has 0 amide bonds. The molecule has 4 heteroatoms. The van der Waals surface area contributed by atoms with Crippen molar-refractivity contribution in [3.63, 3.8) is 0 Å². The molecule has 0 N–H and O–H groups in total. The van der Waals surface area contributed by atoms with Crippen molar-refractivity contribution in [3.8, 4) is 0 Å². The Morgan fingerprint density at radius 2 is 1.62 bits per heavy atom. The van der Waals surface area contributed by atoms with Crippen LogP contribution in [0.4, 0.5) is 0 Å². The van der Waals surface area contributed by atoms with Crippen LogP contribution < -0.4 is 0 Å². The number of unbranched alkanes of at least 4 members (excludes halogenated alkanes) is 4. The molecule has 0 radical (unpaired) electrons. The molecule has 0 aliphatic heterocycles. The summed E-state index contributed by atoms with van der Waals surface area (Å²) in [6.07, 6.45) is 5.62. The highest BCUT2D eigenvalue weighted by atomic mass is 17.2. The molecule has 0 spiro atoms. The molecule has 0 unspecified atom stereocenters. The van der Waals surface area contributed by atoms with E-state index in [0.717, 1.165) is 19.3 Å². The summed E-state index contributed by atoms with van der Waals surface area (Å²) in [6.45, 7) is 5.50. The molecular formula is C12H22O4. The second-order valence-corrected chi connectivity index (χ2v) is 4.18. The van der Waals surface area contributed by atoms with Gasteiger partial charge in [0.25, 0.3) is 0 Å². The van der Waals surface area contributed by atoms with Crippen LogP contribution in [0.2, 0.25) is 0 Å². The molecule has 0 fully saturated rings. The summed E-state index contributed by atoms with van der Waals surface area (Å²) in [5.74, 6) is -1.26. The molecule has 4 nitrogen and oxygen atoms in total. The van der Waals surface area contributed by atoms with Crippen LogP contribution in [0.5, 0.6) is 0 Å². The maximum absolute atomic E-state index is 11.1. The van der Waals surface area contributed by atoms with Crippen molar-refractivity contribution < 1.29 is 19.4 Å². The molecular weight excluding hydrogens is 208 g/mol. The van der Waals surface area contributed by atoms with Gasteiger partial charge in [-0.1, -0.05) is 46.5 Å². The van der Waals surface area contributed by atoms with Crippen LogP contribution in [0.1, 0.15) is 59.3 Å². The number of carbonyl (C=O) groups excluding carboxylic acids is 2. The highest BCUT2D eigenvalue weighted by Crippen LogP contribution is 2.06. The molecule has 0 aliphatic carbocycles. The van der Waals surface area contributed by atoms with Gasteiger partial charge in [0.2, 0.25) is 0 Å². The number of rotatable bonds is 7. The molecule has 0 rings (SSSR count). The van der Waals surface area contributed by atoms with Gasteiger partial charge in [-0.2, -0.15) is 0 Å². The van der Waals surface area contributed by atoms with E-state index < -0.39 is 11.9 Å². The van der Waals surface area contributed by atoms with Gasteiger partial charge >= 0.3 is 11.9 Å². The van der Waals surface area contributed by atoms with E-state index in [4.69, 9.17) is 0 Å². The minimum Gasteiger partial charge on any atom is -0.247 e. The van der Waals surface area contributed by atoms with Crippen LogP contribution in [0.3, 0.4) is 0 Å². The second kappa shape index (κ2) is 9.19. The van der Waals surface area contributed by atoms with Gasteiger partial charge in [0.05, 0.1) is 12.3 Å². The minimum atomic E-state index is -0.515. The zero-order chi connectivity index (χ0) is 12.4. The van der Waals surface area contributed by atoms with E-state index in [1.54, 1.807) is 13.8 Å². The molecule has 94 valence electrons. The third-order valence-electron chi connectivity index (χ3n) is 2.17. The van der Waals surface area contributed by atoms with Gasteiger partial charge < -0.3 is 0 Å². The lowest BCUT2D eigenvalue weighted by molar-refractivity contribution is -0.261. The topological polar surface area (TPSA) is 52.6 Å². The van der Waals surface area contributed by atoms with Crippen LogP contribution in [-0.2, 0) is 19.4 Å². The van der Waals surface area contributed by atoms with Gasteiger partial charge in [-0.15, -0.1) is 0 Å². The molecule has 0 aromatic heterocycles. The highest BCUT2D eigenvalue weighted by Gasteiger charge is 2.12. The van der Waals surface area contributed by atoms with Gasteiger partial charge in [-0.05, 0) is 6.42 Å². The smallest absolute Gasteiger partial charge is 0.247 e. The fourth-order valence-corrected chi connectivity index (χ4v) is 1.10. The van der Waals surface area contributed by atoms with Gasteiger partial charge in [-0.3, -0.25) is 0 Å². The summed E-state index contributed by atoms with van der Waals surface area (Å²) < 4.78 is 0. The maximum Gasteiger partial charge on any atom is 0.358 e. The van der Waals surface area contributed by atoms with Crippen molar-refractivity contribution >= 4 is 11.9 Å². The summed E-state index contributed by atoms with van der Waals surface area (Å²) in [5.41, 5.74) is 0. The third-order valence-corrected chi connectivity index (χ3v) is 2.17. The Balaban J connectivity index is 3.41. The van der Waals surface area contributed by atoms with E-state index in [0.29, 0.717) is 6.42 Å². The SMILES string of the molecule is CCCCCCCC(=O)OOC(=O)C(C)C. The first kappa shape index (κ1) is 14.9. The van der Waals surface area contributed by atoms with Crippen molar-refractivity contribution in [3.05, 3.63) is 0 Å². The van der Waals surface area contributed by atoms with E-state index >= 15 is 0 Å². The Labute approximate surface area is 97.2 Å². The van der Waals surface area contributed by atoms with Gasteiger partial charge in [-0.25, -0.2) is 19.4 Å². The third kappa shape index (κ3) is 8.26. The zero-order valence-corrected chi connectivity index (χ0v) is 10.5. The first-order valence-corrected chi connectivity index (χ1v) is 5.99. The largest absolute Gasteiger partial charge is 0.358 e. The fourth-order valence-electron chi connectivity index (χ4n) is 1.10. The van der Waals surface area contributed by atoms with Crippen molar-refractivity contribution in [2.45, 2.75) is 59.3 Å².